The number of esters is 2. The van der Waals surface area contributed by atoms with Crippen molar-refractivity contribution in [3.8, 4) is 0 Å². The van der Waals surface area contributed by atoms with E-state index in [0.29, 0.717) is 5.92 Å². The van der Waals surface area contributed by atoms with E-state index in [-0.39, 0.29) is 6.61 Å². The van der Waals surface area contributed by atoms with Gasteiger partial charge in [-0.05, 0) is 18.8 Å². The fourth-order valence-electron chi connectivity index (χ4n) is 0.730. The highest BCUT2D eigenvalue weighted by Crippen LogP contribution is 2.28. The van der Waals surface area contributed by atoms with E-state index in [2.05, 4.69) is 9.47 Å². The number of halogens is 2. The van der Waals surface area contributed by atoms with Crippen molar-refractivity contribution in [3.05, 3.63) is 0 Å². The zero-order chi connectivity index (χ0) is 10.6. The summed E-state index contributed by atoms with van der Waals surface area (Å²) in [5, 5.41) is 0. The molecule has 80 valence electrons. The molecule has 1 aliphatic rings. The molecule has 0 aromatic carbocycles. The van der Waals surface area contributed by atoms with E-state index in [1.54, 1.807) is 0 Å². The average molecular weight is 208 g/mol. The third kappa shape index (κ3) is 4.15. The van der Waals surface area contributed by atoms with Crippen molar-refractivity contribution >= 4 is 11.9 Å². The largest absolute Gasteiger partial charge is 0.463 e. The third-order valence-corrected chi connectivity index (χ3v) is 1.69. The van der Waals surface area contributed by atoms with Crippen LogP contribution in [-0.4, -0.2) is 31.6 Å². The molecule has 0 aromatic heterocycles. The monoisotopic (exact) mass is 208 g/mol. The minimum atomic E-state index is -3.20. The molecule has 1 rings (SSSR count). The molecular formula is C8H10F2O4. The molecular weight excluding hydrogens is 198 g/mol. The molecule has 0 bridgehead atoms. The summed E-state index contributed by atoms with van der Waals surface area (Å²) in [5.74, 6) is -2.09. The van der Waals surface area contributed by atoms with Crippen LogP contribution in [0.15, 0.2) is 0 Å². The van der Waals surface area contributed by atoms with E-state index in [1.165, 1.54) is 0 Å². The number of carbonyl (C=O) groups excluding carboxylic acids is 2. The number of hydrogen-bond donors (Lipinski definition) is 0. The molecule has 1 aliphatic carbocycles. The second-order valence-corrected chi connectivity index (χ2v) is 3.03. The van der Waals surface area contributed by atoms with Crippen LogP contribution in [0.3, 0.4) is 0 Å². The van der Waals surface area contributed by atoms with E-state index in [4.69, 9.17) is 0 Å². The summed E-state index contributed by atoms with van der Waals surface area (Å²) in [6.07, 6.45) is -1.17. The minimum Gasteiger partial charge on any atom is -0.463 e. The number of ether oxygens (including phenoxy) is 2. The lowest BCUT2D eigenvalue weighted by Gasteiger charge is -2.04. The van der Waals surface area contributed by atoms with Crippen molar-refractivity contribution in [2.45, 2.75) is 19.3 Å². The van der Waals surface area contributed by atoms with E-state index in [9.17, 15) is 18.4 Å². The number of carbonyl (C=O) groups is 2. The van der Waals surface area contributed by atoms with Crippen LogP contribution in [0.4, 0.5) is 8.78 Å². The molecule has 1 fully saturated rings. The van der Waals surface area contributed by atoms with Gasteiger partial charge in [-0.1, -0.05) is 0 Å². The Hall–Kier alpha value is -1.20. The van der Waals surface area contributed by atoms with Crippen LogP contribution in [0.2, 0.25) is 0 Å². The Bertz CT molecular complexity index is 225. The van der Waals surface area contributed by atoms with Gasteiger partial charge in [0.25, 0.3) is 0 Å². The van der Waals surface area contributed by atoms with Gasteiger partial charge in [0.15, 0.2) is 6.61 Å². The predicted octanol–water partition coefficient (Wildman–Crippen LogP) is 0.748. The summed E-state index contributed by atoms with van der Waals surface area (Å²) in [4.78, 5) is 21.0. The summed E-state index contributed by atoms with van der Waals surface area (Å²) in [5.41, 5.74) is 0. The Balaban J connectivity index is 2.04. The van der Waals surface area contributed by atoms with Crippen molar-refractivity contribution in [2.24, 2.45) is 5.92 Å². The number of alkyl halides is 2. The smallest absolute Gasteiger partial charge is 0.374 e. The van der Waals surface area contributed by atoms with Crippen LogP contribution in [0, 0.1) is 5.92 Å². The van der Waals surface area contributed by atoms with Crippen LogP contribution in [0.5, 0.6) is 0 Å². The van der Waals surface area contributed by atoms with E-state index in [0.717, 1.165) is 12.8 Å². The Labute approximate surface area is 79.2 Å². The molecule has 0 aliphatic heterocycles. The van der Waals surface area contributed by atoms with Crippen molar-refractivity contribution in [3.63, 3.8) is 0 Å². The molecule has 14 heavy (non-hydrogen) atoms. The highest BCUT2D eigenvalue weighted by Gasteiger charge is 2.24. The van der Waals surface area contributed by atoms with Crippen molar-refractivity contribution in [1.82, 2.24) is 0 Å². The van der Waals surface area contributed by atoms with Crippen LogP contribution in [0.25, 0.3) is 0 Å². The molecule has 1 saturated carbocycles. The molecule has 0 amide bonds. The second-order valence-electron chi connectivity index (χ2n) is 3.03. The summed E-state index contributed by atoms with van der Waals surface area (Å²) < 4.78 is 31.7. The maximum Gasteiger partial charge on any atom is 0.374 e. The lowest BCUT2D eigenvalue weighted by Crippen LogP contribution is -2.21. The highest BCUT2D eigenvalue weighted by atomic mass is 19.3. The molecule has 0 saturated heterocycles. The van der Waals surface area contributed by atoms with E-state index >= 15 is 0 Å². The summed E-state index contributed by atoms with van der Waals surface area (Å²) in [6.45, 7) is -0.457. The normalized spacial score (nSPS) is 15.4. The van der Waals surface area contributed by atoms with Gasteiger partial charge >= 0.3 is 18.4 Å². The zero-order valence-corrected chi connectivity index (χ0v) is 7.37. The maximum atomic E-state index is 11.6. The Morgan fingerprint density at radius 3 is 2.43 bits per heavy atom. The molecule has 0 unspecified atom stereocenters. The Morgan fingerprint density at radius 2 is 1.93 bits per heavy atom. The van der Waals surface area contributed by atoms with Crippen molar-refractivity contribution in [1.29, 1.82) is 0 Å². The topological polar surface area (TPSA) is 52.6 Å². The fourth-order valence-corrected chi connectivity index (χ4v) is 0.730. The zero-order valence-electron chi connectivity index (χ0n) is 7.37. The standard InChI is InChI=1S/C8H10F2O4/c9-7(10)8(12)14-4-6(11)13-3-5-1-2-5/h5,7H,1-4H2. The van der Waals surface area contributed by atoms with Crippen molar-refractivity contribution in [2.75, 3.05) is 13.2 Å². The van der Waals surface area contributed by atoms with Crippen LogP contribution in [0.1, 0.15) is 12.8 Å². The first-order valence-corrected chi connectivity index (χ1v) is 4.20. The molecule has 0 radical (unpaired) electrons. The van der Waals surface area contributed by atoms with E-state index < -0.39 is 25.0 Å². The van der Waals surface area contributed by atoms with Gasteiger partial charge in [-0.3, -0.25) is 0 Å². The predicted molar refractivity (Wildman–Crippen MR) is 40.6 cm³/mol. The van der Waals surface area contributed by atoms with Crippen LogP contribution in [-0.2, 0) is 19.1 Å². The Morgan fingerprint density at radius 1 is 1.29 bits per heavy atom. The first kappa shape index (κ1) is 10.9. The molecule has 0 atom stereocenters. The molecule has 0 aromatic rings. The number of rotatable bonds is 5. The molecule has 0 N–H and O–H groups in total. The molecule has 4 nitrogen and oxygen atoms in total. The summed E-state index contributed by atoms with van der Waals surface area (Å²) in [7, 11) is 0. The maximum absolute atomic E-state index is 11.6. The van der Waals surface area contributed by atoms with Gasteiger partial charge in [0.05, 0.1) is 6.61 Å². The Kier molecular flexibility index (Phi) is 3.79. The van der Waals surface area contributed by atoms with E-state index in [1.807, 2.05) is 0 Å². The first-order valence-electron chi connectivity index (χ1n) is 4.20. The van der Waals surface area contributed by atoms with Crippen LogP contribution >= 0.6 is 0 Å². The molecule has 0 spiro atoms. The first-order chi connectivity index (χ1) is 6.59. The van der Waals surface area contributed by atoms with Gasteiger partial charge in [0.1, 0.15) is 0 Å². The summed E-state index contributed by atoms with van der Waals surface area (Å²) in [6, 6.07) is 0. The lowest BCUT2D eigenvalue weighted by molar-refractivity contribution is -0.166. The average Bonchev–Trinajstić information content (AvgIpc) is 2.94. The third-order valence-electron chi connectivity index (χ3n) is 1.69. The number of hydrogen-bond acceptors (Lipinski definition) is 4. The van der Waals surface area contributed by atoms with Gasteiger partial charge in [-0.2, -0.15) is 8.78 Å². The van der Waals surface area contributed by atoms with Gasteiger partial charge in [-0.25, -0.2) is 9.59 Å². The fraction of sp³-hybridized carbons (Fsp3) is 0.750. The second kappa shape index (κ2) is 4.88. The highest BCUT2D eigenvalue weighted by molar-refractivity contribution is 5.77. The summed E-state index contributed by atoms with van der Waals surface area (Å²) >= 11 is 0. The van der Waals surface area contributed by atoms with Gasteiger partial charge < -0.3 is 9.47 Å². The van der Waals surface area contributed by atoms with Crippen LogP contribution < -0.4 is 0 Å². The quantitative estimate of drug-likeness (QED) is 0.625. The molecule has 0 heterocycles. The van der Waals surface area contributed by atoms with Gasteiger partial charge in [0, 0.05) is 0 Å². The molecule has 6 heteroatoms. The van der Waals surface area contributed by atoms with Gasteiger partial charge in [-0.15, -0.1) is 0 Å². The lowest BCUT2D eigenvalue weighted by atomic mass is 10.5. The van der Waals surface area contributed by atoms with Gasteiger partial charge in [0.2, 0.25) is 0 Å². The SMILES string of the molecule is O=C(COC(=O)C(F)F)OCC1CC1. The minimum absolute atomic E-state index is 0.283. The van der Waals surface area contributed by atoms with Crippen molar-refractivity contribution < 1.29 is 27.8 Å².